The Kier molecular flexibility index (Phi) is 5.99. The SMILES string of the molecule is COc1cc(-c2cnc3cc(C(C)N4CC(O)C4)ccn23)cc(OC(F)F)c1C(=O)CC1CC1. The number of aliphatic hydroxyl groups excluding tert-OH is 1. The first kappa shape index (κ1) is 22.7. The number of carbonyl (C=O) groups excluding carboxylic acids is 1. The van der Waals surface area contributed by atoms with E-state index in [0.29, 0.717) is 42.3 Å². The number of hydrogen-bond donors (Lipinski definition) is 1. The van der Waals surface area contributed by atoms with E-state index in [2.05, 4.69) is 16.8 Å². The van der Waals surface area contributed by atoms with E-state index < -0.39 is 6.61 Å². The number of alkyl halides is 2. The van der Waals surface area contributed by atoms with Crippen molar-refractivity contribution in [3.8, 4) is 22.8 Å². The predicted molar refractivity (Wildman–Crippen MR) is 121 cm³/mol. The van der Waals surface area contributed by atoms with E-state index in [9.17, 15) is 18.7 Å². The molecule has 0 bridgehead atoms. The lowest BCUT2D eigenvalue weighted by Crippen LogP contribution is -2.51. The smallest absolute Gasteiger partial charge is 0.387 e. The lowest BCUT2D eigenvalue weighted by molar-refractivity contribution is -0.0502. The van der Waals surface area contributed by atoms with Crippen molar-refractivity contribution in [2.45, 2.75) is 44.9 Å². The zero-order valence-corrected chi connectivity index (χ0v) is 19.1. The molecule has 0 spiro atoms. The van der Waals surface area contributed by atoms with E-state index in [1.54, 1.807) is 12.3 Å². The van der Waals surface area contributed by atoms with Crippen molar-refractivity contribution in [3.63, 3.8) is 0 Å². The van der Waals surface area contributed by atoms with Crippen molar-refractivity contribution in [3.05, 3.63) is 47.8 Å². The molecule has 1 aliphatic carbocycles. The Labute approximate surface area is 195 Å². The summed E-state index contributed by atoms with van der Waals surface area (Å²) in [6, 6.07) is 7.21. The van der Waals surface area contributed by atoms with Gasteiger partial charge < -0.3 is 14.6 Å². The average molecular weight is 472 g/mol. The van der Waals surface area contributed by atoms with Gasteiger partial charge in [-0.3, -0.25) is 14.1 Å². The number of nitrogens with zero attached hydrogens (tertiary/aromatic N) is 3. The Bertz CT molecular complexity index is 1220. The molecule has 2 aromatic heterocycles. The third-order valence-corrected chi connectivity index (χ3v) is 6.71. The van der Waals surface area contributed by atoms with E-state index in [1.807, 2.05) is 22.7 Å². The quantitative estimate of drug-likeness (QED) is 0.468. The van der Waals surface area contributed by atoms with Crippen LogP contribution in [0.3, 0.4) is 0 Å². The number of likely N-dealkylation sites (tertiary alicyclic amines) is 1. The Morgan fingerprint density at radius 3 is 2.62 bits per heavy atom. The van der Waals surface area contributed by atoms with Crippen molar-refractivity contribution in [1.82, 2.24) is 14.3 Å². The van der Waals surface area contributed by atoms with Crippen molar-refractivity contribution in [2.24, 2.45) is 5.92 Å². The number of halogens is 2. The largest absolute Gasteiger partial charge is 0.496 e. The van der Waals surface area contributed by atoms with Gasteiger partial charge in [0.05, 0.1) is 25.1 Å². The summed E-state index contributed by atoms with van der Waals surface area (Å²) in [5.41, 5.74) is 3.03. The van der Waals surface area contributed by atoms with Crippen molar-refractivity contribution < 1.29 is 28.2 Å². The molecular weight excluding hydrogens is 444 g/mol. The first-order valence-electron chi connectivity index (χ1n) is 11.4. The summed E-state index contributed by atoms with van der Waals surface area (Å²) in [6.07, 6.45) is 5.49. The number of aromatic nitrogens is 2. The molecule has 180 valence electrons. The van der Waals surface area contributed by atoms with E-state index in [0.717, 1.165) is 18.4 Å². The number of imidazole rings is 1. The van der Waals surface area contributed by atoms with Gasteiger partial charge in [0.25, 0.3) is 0 Å². The van der Waals surface area contributed by atoms with Crippen LogP contribution in [0.5, 0.6) is 11.5 Å². The summed E-state index contributed by atoms with van der Waals surface area (Å²) >= 11 is 0. The van der Waals surface area contributed by atoms with E-state index in [1.165, 1.54) is 13.2 Å². The number of pyridine rings is 1. The standard InChI is InChI=1S/C25H27F2N3O4/c1-14(29-12-18(31)13-29)16-5-6-30-19(11-28-23(30)10-16)17-8-21(33-2)24(20(32)7-15-3-4-15)22(9-17)34-25(26)27/h5-6,8-11,14-15,18,25,31H,3-4,7,12-13H2,1-2H3. The average Bonchev–Trinajstić information content (AvgIpc) is 3.50. The summed E-state index contributed by atoms with van der Waals surface area (Å²) < 4.78 is 38.5. The second-order valence-corrected chi connectivity index (χ2v) is 9.12. The minimum Gasteiger partial charge on any atom is -0.496 e. The molecule has 1 aliphatic heterocycles. The monoisotopic (exact) mass is 471 g/mol. The van der Waals surface area contributed by atoms with Gasteiger partial charge in [0, 0.05) is 37.3 Å². The van der Waals surface area contributed by atoms with Crippen LogP contribution in [0, 0.1) is 5.92 Å². The summed E-state index contributed by atoms with van der Waals surface area (Å²) in [7, 11) is 1.41. The molecule has 3 heterocycles. The molecule has 1 N–H and O–H groups in total. The molecule has 1 saturated carbocycles. The first-order valence-corrected chi connectivity index (χ1v) is 11.4. The number of ketones is 1. The number of carbonyl (C=O) groups is 1. The number of hydrogen-bond acceptors (Lipinski definition) is 6. The fraction of sp³-hybridized carbons (Fsp3) is 0.440. The molecule has 1 unspecified atom stereocenters. The van der Waals surface area contributed by atoms with Gasteiger partial charge >= 0.3 is 6.61 Å². The fourth-order valence-corrected chi connectivity index (χ4v) is 4.53. The van der Waals surface area contributed by atoms with E-state index in [4.69, 9.17) is 9.47 Å². The summed E-state index contributed by atoms with van der Waals surface area (Å²) in [6.45, 7) is 0.297. The minimum atomic E-state index is -3.07. The first-order chi connectivity index (χ1) is 16.3. The Morgan fingerprint density at radius 1 is 1.24 bits per heavy atom. The van der Waals surface area contributed by atoms with Gasteiger partial charge in [0.1, 0.15) is 22.7 Å². The van der Waals surface area contributed by atoms with Crippen molar-refractivity contribution in [2.75, 3.05) is 20.2 Å². The van der Waals surface area contributed by atoms with Crippen LogP contribution in [0.15, 0.2) is 36.7 Å². The maximum atomic E-state index is 13.2. The van der Waals surface area contributed by atoms with Crippen LogP contribution >= 0.6 is 0 Å². The maximum absolute atomic E-state index is 13.2. The minimum absolute atomic E-state index is 0.0557. The molecule has 1 saturated heterocycles. The summed E-state index contributed by atoms with van der Waals surface area (Å²) in [5.74, 6) is 0.0578. The third kappa shape index (κ3) is 4.37. The lowest BCUT2D eigenvalue weighted by atomic mass is 10.00. The lowest BCUT2D eigenvalue weighted by Gasteiger charge is -2.40. The van der Waals surface area contributed by atoms with Crippen LogP contribution in [-0.2, 0) is 0 Å². The molecule has 3 aromatic rings. The third-order valence-electron chi connectivity index (χ3n) is 6.71. The van der Waals surface area contributed by atoms with Gasteiger partial charge in [0.2, 0.25) is 0 Å². The molecule has 7 nitrogen and oxygen atoms in total. The van der Waals surface area contributed by atoms with E-state index in [-0.39, 0.29) is 35.0 Å². The molecule has 0 radical (unpaired) electrons. The van der Waals surface area contributed by atoms with Crippen LogP contribution < -0.4 is 9.47 Å². The van der Waals surface area contributed by atoms with Gasteiger partial charge in [0.15, 0.2) is 5.78 Å². The molecule has 1 aromatic carbocycles. The Morgan fingerprint density at radius 2 is 1.97 bits per heavy atom. The van der Waals surface area contributed by atoms with Crippen LogP contribution in [0.1, 0.15) is 48.1 Å². The molecular formula is C25H27F2N3O4. The predicted octanol–water partition coefficient (Wildman–Crippen LogP) is 4.33. The van der Waals surface area contributed by atoms with Gasteiger partial charge in [-0.25, -0.2) is 4.98 Å². The van der Waals surface area contributed by atoms with Crippen LogP contribution in [0.2, 0.25) is 0 Å². The number of Topliss-reactive ketones (excluding diaryl/α,β-unsaturated/α-hetero) is 1. The highest BCUT2D eigenvalue weighted by Gasteiger charge is 2.31. The number of β-amino-alcohol motifs (C(OH)–C–C–N with tert-alkyl or cyclic N) is 1. The molecule has 0 amide bonds. The van der Waals surface area contributed by atoms with Gasteiger partial charge in [-0.05, 0) is 55.5 Å². The molecule has 2 aliphatic rings. The molecule has 5 rings (SSSR count). The fourth-order valence-electron chi connectivity index (χ4n) is 4.53. The van der Waals surface area contributed by atoms with Gasteiger partial charge in [-0.1, -0.05) is 0 Å². The highest BCUT2D eigenvalue weighted by Crippen LogP contribution is 2.40. The van der Waals surface area contributed by atoms with E-state index >= 15 is 0 Å². The normalized spacial score (nSPS) is 17.7. The number of methoxy groups -OCH3 is 1. The zero-order chi connectivity index (χ0) is 24.0. The molecule has 9 heteroatoms. The Hall–Kier alpha value is -3.04. The molecule has 1 atom stereocenters. The highest BCUT2D eigenvalue weighted by atomic mass is 19.3. The Balaban J connectivity index is 1.52. The molecule has 2 fully saturated rings. The number of rotatable bonds is 9. The second-order valence-electron chi connectivity index (χ2n) is 9.12. The maximum Gasteiger partial charge on any atom is 0.387 e. The van der Waals surface area contributed by atoms with Crippen molar-refractivity contribution >= 4 is 11.4 Å². The number of aliphatic hydroxyl groups is 1. The number of fused-ring (bicyclic) bond motifs is 1. The van der Waals surface area contributed by atoms with Crippen LogP contribution in [-0.4, -0.2) is 58.1 Å². The second kappa shape index (κ2) is 8.96. The van der Waals surface area contributed by atoms with Gasteiger partial charge in [-0.2, -0.15) is 8.78 Å². The summed E-state index contributed by atoms with van der Waals surface area (Å²) in [5, 5.41) is 9.59. The van der Waals surface area contributed by atoms with Crippen molar-refractivity contribution in [1.29, 1.82) is 0 Å². The number of benzene rings is 1. The van der Waals surface area contributed by atoms with Crippen LogP contribution in [0.4, 0.5) is 8.78 Å². The molecule has 34 heavy (non-hydrogen) atoms. The highest BCUT2D eigenvalue weighted by molar-refractivity contribution is 6.02. The summed E-state index contributed by atoms with van der Waals surface area (Å²) in [4.78, 5) is 19.5. The topological polar surface area (TPSA) is 76.3 Å². The number of ether oxygens (including phenoxy) is 2. The zero-order valence-electron chi connectivity index (χ0n) is 19.1. The van der Waals surface area contributed by atoms with Crippen LogP contribution in [0.25, 0.3) is 16.9 Å². The van der Waals surface area contributed by atoms with Gasteiger partial charge in [-0.15, -0.1) is 0 Å².